The monoisotopic (exact) mass is 433 g/mol. The Morgan fingerprint density at radius 2 is 1.94 bits per heavy atom. The Bertz CT molecular complexity index is 1040. The summed E-state index contributed by atoms with van der Waals surface area (Å²) in [5.41, 5.74) is 6.80. The first-order valence-corrected chi connectivity index (χ1v) is 11.0. The third-order valence-corrected chi connectivity index (χ3v) is 8.05. The number of anilines is 1. The summed E-state index contributed by atoms with van der Waals surface area (Å²) in [6.45, 7) is 7.72. The van der Waals surface area contributed by atoms with Crippen molar-refractivity contribution in [2.24, 2.45) is 17.8 Å². The third-order valence-electron chi connectivity index (χ3n) is 8.05. The van der Waals surface area contributed by atoms with Gasteiger partial charge in [0.1, 0.15) is 5.82 Å². The molecule has 166 valence electrons. The zero-order valence-corrected chi connectivity index (χ0v) is 17.6. The van der Waals surface area contributed by atoms with Crippen molar-refractivity contribution < 1.29 is 17.9 Å². The maximum Gasteiger partial charge on any atom is 0.419 e. The fourth-order valence-electron chi connectivity index (χ4n) is 6.76. The quantitative estimate of drug-likeness (QED) is 0.801. The average molecular weight is 433 g/mol. The number of morpholine rings is 1. The van der Waals surface area contributed by atoms with Crippen LogP contribution in [0.5, 0.6) is 0 Å². The zero-order valence-electron chi connectivity index (χ0n) is 17.6. The number of alkyl halides is 3. The summed E-state index contributed by atoms with van der Waals surface area (Å²) in [5, 5.41) is 4.74. The topological polar surface area (TPSA) is 69.2 Å². The second-order valence-corrected chi connectivity index (χ2v) is 9.65. The molecule has 6 nitrogen and oxygen atoms in total. The van der Waals surface area contributed by atoms with E-state index in [1.165, 1.54) is 18.3 Å². The number of fused-ring (bicyclic) bond motifs is 1. The largest absolute Gasteiger partial charge is 0.419 e. The van der Waals surface area contributed by atoms with Gasteiger partial charge in [-0.25, -0.2) is 4.98 Å². The molecule has 2 aromatic heterocycles. The Morgan fingerprint density at radius 1 is 1.19 bits per heavy atom. The Morgan fingerprint density at radius 3 is 2.58 bits per heavy atom. The highest BCUT2D eigenvalue weighted by Crippen LogP contribution is 2.87. The molecule has 2 N–H and O–H groups in total. The maximum absolute atomic E-state index is 13.3. The molecule has 0 radical (unpaired) electrons. The SMILES string of the molecule is CC(C)n1nc(-c2cnc(N)c(C(F)(F)F)c2)cc1[C@@]12C3C[C@H]1C2C3N1CCOCC1. The molecule has 9 heteroatoms. The first-order chi connectivity index (χ1) is 14.7. The maximum atomic E-state index is 13.3. The standard InChI is InChI=1S/C22H26F3N5O/c1-11(2)30-17(9-16(28-30)12-7-15(22(23,24)25)20(26)27-10-12)21-13-8-14(21)19(18(13)21)29-3-5-31-6-4-29/h7,9-11,13-14,18-19H,3-6,8H2,1-2H3,(H2,26,27)/t13-,14?,18?,19?,21-/m0/s1. The number of nitrogen functional groups attached to an aromatic ring is 1. The van der Waals surface area contributed by atoms with E-state index >= 15 is 0 Å². The minimum Gasteiger partial charge on any atom is -0.383 e. The second kappa shape index (κ2) is 6.22. The molecule has 1 aliphatic heterocycles. The molecule has 3 aliphatic carbocycles. The number of ether oxygens (including phenoxy) is 1. The number of hydrogen-bond donors (Lipinski definition) is 1. The van der Waals surface area contributed by atoms with E-state index in [2.05, 4.69) is 23.7 Å². The number of pyridine rings is 1. The first-order valence-electron chi connectivity index (χ1n) is 11.0. The molecule has 31 heavy (non-hydrogen) atoms. The van der Waals surface area contributed by atoms with Gasteiger partial charge in [0, 0.05) is 48.0 Å². The lowest BCUT2D eigenvalue weighted by Crippen LogP contribution is -2.59. The number of nitrogens with two attached hydrogens (primary N) is 1. The lowest BCUT2D eigenvalue weighted by atomic mass is 9.60. The van der Waals surface area contributed by atoms with E-state index in [0.717, 1.165) is 32.4 Å². The summed E-state index contributed by atoms with van der Waals surface area (Å²) in [6.07, 6.45) is -1.91. The van der Waals surface area contributed by atoms with Crippen molar-refractivity contribution in [1.82, 2.24) is 19.7 Å². The van der Waals surface area contributed by atoms with Gasteiger partial charge in [0.2, 0.25) is 0 Å². The van der Waals surface area contributed by atoms with E-state index < -0.39 is 17.6 Å². The van der Waals surface area contributed by atoms with Crippen LogP contribution in [0.15, 0.2) is 18.3 Å². The van der Waals surface area contributed by atoms with Crippen LogP contribution in [0.3, 0.4) is 0 Å². The number of nitrogens with zero attached hydrogens (tertiary/aromatic N) is 4. The zero-order chi connectivity index (χ0) is 21.7. The molecule has 3 heterocycles. The van der Waals surface area contributed by atoms with Crippen LogP contribution in [0.1, 0.15) is 37.6 Å². The Balaban J connectivity index is 1.35. The summed E-state index contributed by atoms with van der Waals surface area (Å²) in [5.74, 6) is 1.41. The molecular formula is C22H26F3N5O. The number of hydrogen-bond acceptors (Lipinski definition) is 5. The van der Waals surface area contributed by atoms with Crippen LogP contribution in [-0.2, 0) is 16.3 Å². The van der Waals surface area contributed by atoms with Gasteiger partial charge in [-0.3, -0.25) is 9.58 Å². The fraction of sp³-hybridized carbons (Fsp3) is 0.636. The first kappa shape index (κ1) is 19.5. The molecule has 6 rings (SSSR count). The molecule has 5 atom stereocenters. The fourth-order valence-corrected chi connectivity index (χ4v) is 6.76. The van der Waals surface area contributed by atoms with Crippen molar-refractivity contribution >= 4 is 5.82 Å². The van der Waals surface area contributed by atoms with Gasteiger partial charge in [-0.15, -0.1) is 0 Å². The molecule has 3 unspecified atom stereocenters. The number of halogens is 3. The van der Waals surface area contributed by atoms with E-state index in [9.17, 15) is 13.2 Å². The van der Waals surface area contributed by atoms with Gasteiger partial charge < -0.3 is 10.5 Å². The lowest BCUT2D eigenvalue weighted by molar-refractivity contribution is -0.137. The molecular weight excluding hydrogens is 407 g/mol. The Labute approximate surface area is 178 Å². The van der Waals surface area contributed by atoms with E-state index in [-0.39, 0.29) is 11.5 Å². The highest BCUT2D eigenvalue weighted by atomic mass is 19.4. The van der Waals surface area contributed by atoms with Crippen molar-refractivity contribution in [1.29, 1.82) is 0 Å². The van der Waals surface area contributed by atoms with Gasteiger partial charge in [0.15, 0.2) is 0 Å². The van der Waals surface area contributed by atoms with Crippen LogP contribution in [-0.4, -0.2) is 52.0 Å². The summed E-state index contributed by atoms with van der Waals surface area (Å²) >= 11 is 0. The molecule has 0 aromatic carbocycles. The van der Waals surface area contributed by atoms with E-state index in [0.29, 0.717) is 35.1 Å². The van der Waals surface area contributed by atoms with Crippen LogP contribution in [0.4, 0.5) is 19.0 Å². The highest BCUT2D eigenvalue weighted by molar-refractivity contribution is 5.64. The summed E-state index contributed by atoms with van der Waals surface area (Å²) in [4.78, 5) is 6.38. The van der Waals surface area contributed by atoms with Crippen LogP contribution in [0.2, 0.25) is 0 Å². The van der Waals surface area contributed by atoms with Crippen molar-refractivity contribution in [3.05, 3.63) is 29.6 Å². The molecule has 4 aliphatic rings. The number of aromatic nitrogens is 3. The minimum absolute atomic E-state index is 0.130. The third kappa shape index (κ3) is 2.47. The van der Waals surface area contributed by atoms with Gasteiger partial charge in [-0.1, -0.05) is 0 Å². The normalized spacial score (nSPS) is 34.3. The van der Waals surface area contributed by atoms with Gasteiger partial charge in [0.25, 0.3) is 0 Å². The average Bonchev–Trinajstić information content (AvgIpc) is 3.16. The predicted octanol–water partition coefficient (Wildman–Crippen LogP) is 3.35. The van der Waals surface area contributed by atoms with Gasteiger partial charge in [-0.2, -0.15) is 18.3 Å². The van der Waals surface area contributed by atoms with Gasteiger partial charge in [0.05, 0.1) is 24.5 Å². The molecule has 0 amide bonds. The molecule has 2 aromatic rings. The molecule has 3 saturated carbocycles. The molecule has 1 saturated heterocycles. The lowest BCUT2D eigenvalue weighted by Gasteiger charge is -2.52. The Hall–Kier alpha value is -2.13. The van der Waals surface area contributed by atoms with Gasteiger partial charge in [-0.05, 0) is 50.2 Å². The summed E-state index contributed by atoms with van der Waals surface area (Å²) in [7, 11) is 0. The van der Waals surface area contributed by atoms with Crippen LogP contribution < -0.4 is 5.73 Å². The highest BCUT2D eigenvalue weighted by Gasteiger charge is 2.90. The van der Waals surface area contributed by atoms with E-state index in [1.54, 1.807) is 0 Å². The van der Waals surface area contributed by atoms with E-state index in [1.807, 2.05) is 10.7 Å². The second-order valence-electron chi connectivity index (χ2n) is 9.65. The van der Waals surface area contributed by atoms with Crippen molar-refractivity contribution in [2.75, 3.05) is 32.0 Å². The smallest absolute Gasteiger partial charge is 0.383 e. The van der Waals surface area contributed by atoms with E-state index in [4.69, 9.17) is 15.6 Å². The molecule has 4 fully saturated rings. The summed E-state index contributed by atoms with van der Waals surface area (Å²) in [6, 6.07) is 3.81. The number of rotatable bonds is 4. The summed E-state index contributed by atoms with van der Waals surface area (Å²) < 4.78 is 47.5. The van der Waals surface area contributed by atoms with Crippen molar-refractivity contribution in [3.8, 4) is 11.3 Å². The van der Waals surface area contributed by atoms with Crippen LogP contribution in [0, 0.1) is 17.8 Å². The molecule has 0 spiro atoms. The van der Waals surface area contributed by atoms with Crippen LogP contribution >= 0.6 is 0 Å². The predicted molar refractivity (Wildman–Crippen MR) is 108 cm³/mol. The van der Waals surface area contributed by atoms with Crippen molar-refractivity contribution in [2.45, 2.75) is 43.9 Å². The molecule has 0 bridgehead atoms. The van der Waals surface area contributed by atoms with Gasteiger partial charge >= 0.3 is 6.18 Å². The Kier molecular flexibility index (Phi) is 3.92. The van der Waals surface area contributed by atoms with Crippen molar-refractivity contribution in [3.63, 3.8) is 0 Å². The minimum atomic E-state index is -4.54. The van der Waals surface area contributed by atoms with Crippen LogP contribution in [0.25, 0.3) is 11.3 Å².